The van der Waals surface area contributed by atoms with Crippen molar-refractivity contribution in [2.45, 2.75) is 46.5 Å². The summed E-state index contributed by atoms with van der Waals surface area (Å²) in [6, 6.07) is 2.06. The monoisotopic (exact) mass is 206 g/mol. The average molecular weight is 206 g/mol. The summed E-state index contributed by atoms with van der Waals surface area (Å²) in [5, 5.41) is 0. The molecule has 1 rings (SSSR count). The lowest BCUT2D eigenvalue weighted by molar-refractivity contribution is 0.517. The van der Waals surface area contributed by atoms with Crippen LogP contribution in [0.3, 0.4) is 0 Å². The number of hydrogen-bond donors (Lipinski definition) is 1. The molecule has 0 spiro atoms. The number of nitrogen functional groups attached to an aromatic ring is 1. The van der Waals surface area contributed by atoms with Gasteiger partial charge in [0.05, 0.1) is 11.4 Å². The molecule has 1 heterocycles. The highest BCUT2D eigenvalue weighted by Gasteiger charge is 2.07. The second kappa shape index (κ2) is 5.74. The van der Waals surface area contributed by atoms with Gasteiger partial charge in [-0.15, -0.1) is 0 Å². The first-order chi connectivity index (χ1) is 7.17. The van der Waals surface area contributed by atoms with Crippen LogP contribution in [0.1, 0.15) is 44.9 Å². The van der Waals surface area contributed by atoms with Crippen molar-refractivity contribution < 1.29 is 0 Å². The lowest BCUT2D eigenvalue weighted by Crippen LogP contribution is -2.05. The van der Waals surface area contributed by atoms with Crippen LogP contribution in [0.2, 0.25) is 0 Å². The fraction of sp³-hybridized carbons (Fsp3) is 0.615. The van der Waals surface area contributed by atoms with Gasteiger partial charge in [-0.25, -0.2) is 0 Å². The Kier molecular flexibility index (Phi) is 4.60. The fourth-order valence-electron chi connectivity index (χ4n) is 1.84. The molecule has 0 aliphatic rings. The Morgan fingerprint density at radius 1 is 1.40 bits per heavy atom. The van der Waals surface area contributed by atoms with Crippen LogP contribution in [0, 0.1) is 5.92 Å². The highest BCUT2D eigenvalue weighted by molar-refractivity contribution is 5.45. The van der Waals surface area contributed by atoms with Gasteiger partial charge in [0.2, 0.25) is 0 Å². The summed E-state index contributed by atoms with van der Waals surface area (Å²) in [5.74, 6) is 0.678. The zero-order chi connectivity index (χ0) is 11.3. The Balaban J connectivity index is 2.69. The lowest BCUT2D eigenvalue weighted by Gasteiger charge is -2.11. The predicted molar refractivity (Wildman–Crippen MR) is 65.8 cm³/mol. The number of nitrogens with two attached hydrogens (primary N) is 1. The van der Waals surface area contributed by atoms with E-state index in [1.54, 1.807) is 0 Å². The van der Waals surface area contributed by atoms with Gasteiger partial charge in [0.15, 0.2) is 0 Å². The lowest BCUT2D eigenvalue weighted by atomic mass is 9.99. The van der Waals surface area contributed by atoms with Crippen molar-refractivity contribution in [3.63, 3.8) is 0 Å². The molecule has 1 unspecified atom stereocenters. The first kappa shape index (κ1) is 12.0. The van der Waals surface area contributed by atoms with Gasteiger partial charge >= 0.3 is 0 Å². The van der Waals surface area contributed by atoms with Crippen LogP contribution in [-0.2, 0) is 12.8 Å². The van der Waals surface area contributed by atoms with Crippen LogP contribution in [0.4, 0.5) is 5.69 Å². The largest absolute Gasteiger partial charge is 0.397 e. The highest BCUT2D eigenvalue weighted by Crippen LogP contribution is 2.18. The van der Waals surface area contributed by atoms with Gasteiger partial charge in [-0.1, -0.05) is 33.6 Å². The van der Waals surface area contributed by atoms with Gasteiger partial charge in [-0.05, 0) is 30.4 Å². The maximum absolute atomic E-state index is 5.98. The van der Waals surface area contributed by atoms with Crippen molar-refractivity contribution in [3.05, 3.63) is 23.5 Å². The second-order valence-corrected chi connectivity index (χ2v) is 4.33. The number of nitrogens with zero attached hydrogens (tertiary/aromatic N) is 1. The molecular weight excluding hydrogens is 184 g/mol. The molecule has 0 saturated carbocycles. The van der Waals surface area contributed by atoms with E-state index < -0.39 is 0 Å². The van der Waals surface area contributed by atoms with Crippen molar-refractivity contribution in [3.8, 4) is 0 Å². The molecule has 0 aromatic carbocycles. The third-order valence-corrected chi connectivity index (χ3v) is 2.79. The van der Waals surface area contributed by atoms with E-state index in [9.17, 15) is 0 Å². The van der Waals surface area contributed by atoms with Gasteiger partial charge in [0, 0.05) is 6.20 Å². The summed E-state index contributed by atoms with van der Waals surface area (Å²) in [7, 11) is 0. The van der Waals surface area contributed by atoms with Crippen molar-refractivity contribution in [2.24, 2.45) is 5.92 Å². The highest BCUT2D eigenvalue weighted by atomic mass is 14.7. The van der Waals surface area contributed by atoms with Gasteiger partial charge in [-0.2, -0.15) is 0 Å². The molecule has 84 valence electrons. The van der Waals surface area contributed by atoms with Crippen LogP contribution in [0.15, 0.2) is 12.3 Å². The molecule has 0 fully saturated rings. The summed E-state index contributed by atoms with van der Waals surface area (Å²) in [4.78, 5) is 4.45. The van der Waals surface area contributed by atoms with E-state index in [0.29, 0.717) is 5.92 Å². The second-order valence-electron chi connectivity index (χ2n) is 4.33. The molecule has 0 aliphatic carbocycles. The third-order valence-electron chi connectivity index (χ3n) is 2.79. The van der Waals surface area contributed by atoms with E-state index in [1.165, 1.54) is 18.4 Å². The summed E-state index contributed by atoms with van der Waals surface area (Å²) in [6.45, 7) is 6.60. The van der Waals surface area contributed by atoms with E-state index in [0.717, 1.165) is 24.2 Å². The normalized spacial score (nSPS) is 12.7. The van der Waals surface area contributed by atoms with E-state index in [4.69, 9.17) is 5.73 Å². The molecule has 1 atom stereocenters. The number of rotatable bonds is 5. The number of pyridine rings is 1. The molecule has 0 saturated heterocycles. The van der Waals surface area contributed by atoms with E-state index in [-0.39, 0.29) is 0 Å². The van der Waals surface area contributed by atoms with Crippen LogP contribution in [-0.4, -0.2) is 4.98 Å². The Bertz CT molecular complexity index is 307. The quantitative estimate of drug-likeness (QED) is 0.803. The Morgan fingerprint density at radius 2 is 2.13 bits per heavy atom. The van der Waals surface area contributed by atoms with E-state index >= 15 is 0 Å². The van der Waals surface area contributed by atoms with Gasteiger partial charge in [0.1, 0.15) is 0 Å². The van der Waals surface area contributed by atoms with E-state index in [2.05, 4.69) is 31.8 Å². The minimum Gasteiger partial charge on any atom is -0.397 e. The molecule has 1 aromatic rings. The first-order valence-corrected chi connectivity index (χ1v) is 5.90. The predicted octanol–water partition coefficient (Wildman–Crippen LogP) is 3.20. The van der Waals surface area contributed by atoms with Crippen molar-refractivity contribution >= 4 is 5.69 Å². The zero-order valence-electron chi connectivity index (χ0n) is 10.1. The summed E-state index contributed by atoms with van der Waals surface area (Å²) < 4.78 is 0. The molecular formula is C13H22N2. The molecule has 0 bridgehead atoms. The van der Waals surface area contributed by atoms with Gasteiger partial charge in [-0.3, -0.25) is 4.98 Å². The number of anilines is 1. The molecule has 0 radical (unpaired) electrons. The third kappa shape index (κ3) is 3.54. The maximum atomic E-state index is 5.98. The minimum absolute atomic E-state index is 0.678. The molecule has 15 heavy (non-hydrogen) atoms. The maximum Gasteiger partial charge on any atom is 0.0635 e. The standard InChI is InChI=1S/C13H22N2/c1-4-6-10(3)7-13-12(14)8-11(5-2)9-15-13/h8-10H,4-7,14H2,1-3H3. The SMILES string of the molecule is CCCC(C)Cc1ncc(CC)cc1N. The van der Waals surface area contributed by atoms with Crippen LogP contribution in [0.5, 0.6) is 0 Å². The molecule has 2 N–H and O–H groups in total. The van der Waals surface area contributed by atoms with Crippen LogP contribution >= 0.6 is 0 Å². The molecule has 1 aromatic heterocycles. The molecule has 0 amide bonds. The van der Waals surface area contributed by atoms with Crippen LogP contribution < -0.4 is 5.73 Å². The summed E-state index contributed by atoms with van der Waals surface area (Å²) >= 11 is 0. The zero-order valence-corrected chi connectivity index (χ0v) is 10.1. The Morgan fingerprint density at radius 3 is 2.67 bits per heavy atom. The Hall–Kier alpha value is -1.05. The van der Waals surface area contributed by atoms with E-state index in [1.807, 2.05) is 6.20 Å². The van der Waals surface area contributed by atoms with Crippen molar-refractivity contribution in [1.82, 2.24) is 4.98 Å². The van der Waals surface area contributed by atoms with Gasteiger partial charge < -0.3 is 5.73 Å². The summed E-state index contributed by atoms with van der Waals surface area (Å²) in [6.07, 6.45) is 6.43. The van der Waals surface area contributed by atoms with Crippen LogP contribution in [0.25, 0.3) is 0 Å². The molecule has 2 nitrogen and oxygen atoms in total. The molecule has 2 heteroatoms. The number of aryl methyl sites for hydroxylation is 1. The smallest absolute Gasteiger partial charge is 0.0635 e. The molecule has 0 aliphatic heterocycles. The topological polar surface area (TPSA) is 38.9 Å². The van der Waals surface area contributed by atoms with Gasteiger partial charge in [0.25, 0.3) is 0 Å². The Labute approximate surface area is 92.9 Å². The average Bonchev–Trinajstić information content (AvgIpc) is 2.21. The van der Waals surface area contributed by atoms with Crippen molar-refractivity contribution in [2.75, 3.05) is 5.73 Å². The fourth-order valence-corrected chi connectivity index (χ4v) is 1.84. The number of aromatic nitrogens is 1. The number of hydrogen-bond acceptors (Lipinski definition) is 2. The van der Waals surface area contributed by atoms with Crippen molar-refractivity contribution in [1.29, 1.82) is 0 Å². The summed E-state index contributed by atoms with van der Waals surface area (Å²) in [5.41, 5.74) is 9.12. The minimum atomic E-state index is 0.678. The first-order valence-electron chi connectivity index (χ1n) is 5.90.